The van der Waals surface area contributed by atoms with E-state index in [0.717, 1.165) is 44.7 Å². The zero-order valence-corrected chi connectivity index (χ0v) is 16.0. The van der Waals surface area contributed by atoms with E-state index in [-0.39, 0.29) is 6.03 Å². The number of nitrogens with zero attached hydrogens (tertiary/aromatic N) is 5. The van der Waals surface area contributed by atoms with E-state index in [9.17, 15) is 4.79 Å². The predicted octanol–water partition coefficient (Wildman–Crippen LogP) is 3.52. The number of aromatic nitrogens is 4. The molecule has 1 saturated heterocycles. The monoisotopic (exact) mass is 384 g/mol. The van der Waals surface area contributed by atoms with Crippen molar-refractivity contribution in [2.24, 2.45) is 5.92 Å². The van der Waals surface area contributed by atoms with Crippen molar-refractivity contribution in [2.75, 3.05) is 18.4 Å². The van der Waals surface area contributed by atoms with Gasteiger partial charge < -0.3 is 4.90 Å². The molecule has 4 heterocycles. The zero-order valence-electron chi connectivity index (χ0n) is 15.2. The number of hydrogen-bond donors (Lipinski definition) is 1. The summed E-state index contributed by atoms with van der Waals surface area (Å²) < 4.78 is 3.81. The average Bonchev–Trinajstić information content (AvgIpc) is 3.45. The minimum absolute atomic E-state index is 0.0338. The van der Waals surface area contributed by atoms with Crippen LogP contribution in [0, 0.1) is 5.92 Å². The Hall–Kier alpha value is -2.61. The highest BCUT2D eigenvalue weighted by Crippen LogP contribution is 2.22. The molecule has 1 N–H and O–H groups in total. The van der Waals surface area contributed by atoms with Crippen LogP contribution in [-0.4, -0.2) is 43.6 Å². The highest BCUT2D eigenvalue weighted by Gasteiger charge is 2.23. The molecule has 8 heteroatoms. The molecular weight excluding hydrogens is 360 g/mol. The standard InChI is InChI=1S/C19H24N6OS/c26-19(22-18-4-9-21-25(18)15-17-3-1-14-27-17)23-11-5-16(6-12-23)7-13-24-10-2-8-20-24/h1-4,8-10,14,16H,5-7,11-13,15H2,(H,22,26). The van der Waals surface area contributed by atoms with Crippen LogP contribution in [-0.2, 0) is 13.1 Å². The zero-order chi connectivity index (χ0) is 18.5. The first-order chi connectivity index (χ1) is 13.3. The Labute approximate surface area is 162 Å². The van der Waals surface area contributed by atoms with Gasteiger partial charge in [-0.1, -0.05) is 6.07 Å². The molecule has 0 unspecified atom stereocenters. The Morgan fingerprint density at radius 2 is 2.07 bits per heavy atom. The second-order valence-electron chi connectivity index (χ2n) is 6.87. The lowest BCUT2D eigenvalue weighted by molar-refractivity contribution is 0.177. The Morgan fingerprint density at radius 1 is 1.19 bits per heavy atom. The Morgan fingerprint density at radius 3 is 2.81 bits per heavy atom. The van der Waals surface area contributed by atoms with Crippen molar-refractivity contribution >= 4 is 23.2 Å². The van der Waals surface area contributed by atoms with Gasteiger partial charge in [0.2, 0.25) is 0 Å². The molecular formula is C19H24N6OS. The third-order valence-corrected chi connectivity index (χ3v) is 5.93. The fraction of sp³-hybridized carbons (Fsp3) is 0.421. The van der Waals surface area contributed by atoms with Gasteiger partial charge in [-0.15, -0.1) is 11.3 Å². The van der Waals surface area contributed by atoms with E-state index in [4.69, 9.17) is 0 Å². The lowest BCUT2D eigenvalue weighted by atomic mass is 9.94. The van der Waals surface area contributed by atoms with Gasteiger partial charge in [-0.2, -0.15) is 10.2 Å². The van der Waals surface area contributed by atoms with E-state index in [1.807, 2.05) is 50.2 Å². The first-order valence-corrected chi connectivity index (χ1v) is 10.2. The van der Waals surface area contributed by atoms with Crippen LogP contribution in [0.1, 0.15) is 24.1 Å². The smallest absolute Gasteiger partial charge is 0.322 e. The lowest BCUT2D eigenvalue weighted by Crippen LogP contribution is -2.41. The van der Waals surface area contributed by atoms with Crippen LogP contribution < -0.4 is 5.32 Å². The first kappa shape index (κ1) is 17.8. The van der Waals surface area contributed by atoms with Crippen LogP contribution in [0.2, 0.25) is 0 Å². The molecule has 0 spiro atoms. The third kappa shape index (κ3) is 4.57. The summed E-state index contributed by atoms with van der Waals surface area (Å²) in [4.78, 5) is 15.8. The fourth-order valence-electron chi connectivity index (χ4n) is 3.48. The molecule has 142 valence electrons. The second-order valence-corrected chi connectivity index (χ2v) is 7.90. The van der Waals surface area contributed by atoms with Crippen LogP contribution in [0.25, 0.3) is 0 Å². The Balaban J connectivity index is 1.26. The average molecular weight is 385 g/mol. The summed E-state index contributed by atoms with van der Waals surface area (Å²) in [6, 6.07) is 7.87. The highest BCUT2D eigenvalue weighted by molar-refractivity contribution is 7.09. The molecule has 3 aromatic heterocycles. The first-order valence-electron chi connectivity index (χ1n) is 9.35. The lowest BCUT2D eigenvalue weighted by Gasteiger charge is -2.32. The molecule has 0 saturated carbocycles. The van der Waals surface area contributed by atoms with E-state index < -0.39 is 0 Å². The number of anilines is 1. The number of aryl methyl sites for hydroxylation is 1. The van der Waals surface area contributed by atoms with E-state index in [1.165, 1.54) is 4.88 Å². The molecule has 0 bridgehead atoms. The minimum atomic E-state index is -0.0338. The van der Waals surface area contributed by atoms with Gasteiger partial charge in [-0.3, -0.25) is 10.00 Å². The molecule has 1 fully saturated rings. The Bertz CT molecular complexity index is 834. The van der Waals surface area contributed by atoms with E-state index in [0.29, 0.717) is 12.5 Å². The van der Waals surface area contributed by atoms with Crippen molar-refractivity contribution in [3.8, 4) is 0 Å². The van der Waals surface area contributed by atoms with Gasteiger partial charge in [0.25, 0.3) is 0 Å². The summed E-state index contributed by atoms with van der Waals surface area (Å²) >= 11 is 1.69. The summed E-state index contributed by atoms with van der Waals surface area (Å²) in [6.45, 7) is 3.23. The molecule has 4 rings (SSSR count). The van der Waals surface area contributed by atoms with Gasteiger partial charge in [0.05, 0.1) is 12.7 Å². The van der Waals surface area contributed by atoms with Gasteiger partial charge in [0.15, 0.2) is 0 Å². The van der Waals surface area contributed by atoms with Crippen LogP contribution in [0.4, 0.5) is 10.6 Å². The molecule has 0 radical (unpaired) electrons. The van der Waals surface area contributed by atoms with Crippen molar-refractivity contribution in [3.05, 3.63) is 53.1 Å². The second kappa shape index (κ2) is 8.39. The summed E-state index contributed by atoms with van der Waals surface area (Å²) in [6.07, 6.45) is 8.75. The van der Waals surface area contributed by atoms with Gasteiger partial charge in [0, 0.05) is 43.0 Å². The molecule has 27 heavy (non-hydrogen) atoms. The number of amides is 2. The van der Waals surface area contributed by atoms with Crippen LogP contribution in [0.15, 0.2) is 48.2 Å². The fourth-order valence-corrected chi connectivity index (χ4v) is 4.16. The molecule has 7 nitrogen and oxygen atoms in total. The van der Waals surface area contributed by atoms with E-state index in [2.05, 4.69) is 21.6 Å². The molecule has 1 aliphatic heterocycles. The molecule has 3 aromatic rings. The number of carbonyl (C=O) groups excluding carboxylic acids is 1. The van der Waals surface area contributed by atoms with Crippen LogP contribution >= 0.6 is 11.3 Å². The minimum Gasteiger partial charge on any atom is -0.324 e. The number of piperidine rings is 1. The molecule has 0 aliphatic carbocycles. The van der Waals surface area contributed by atoms with Gasteiger partial charge in [-0.25, -0.2) is 9.48 Å². The maximum atomic E-state index is 12.6. The Kier molecular flexibility index (Phi) is 5.53. The summed E-state index contributed by atoms with van der Waals surface area (Å²) in [7, 11) is 0. The van der Waals surface area contributed by atoms with E-state index in [1.54, 1.807) is 17.5 Å². The normalized spacial score (nSPS) is 15.2. The molecule has 1 aliphatic rings. The van der Waals surface area contributed by atoms with Gasteiger partial charge in [-0.05, 0) is 42.7 Å². The third-order valence-electron chi connectivity index (χ3n) is 5.06. The SMILES string of the molecule is O=C(Nc1ccnn1Cc1cccs1)N1CCC(CCn2cccn2)CC1. The molecule has 2 amide bonds. The summed E-state index contributed by atoms with van der Waals surface area (Å²) in [5.74, 6) is 1.40. The number of rotatable bonds is 6. The highest BCUT2D eigenvalue weighted by atomic mass is 32.1. The maximum absolute atomic E-state index is 12.6. The number of thiophene rings is 1. The summed E-state index contributed by atoms with van der Waals surface area (Å²) in [5, 5.41) is 13.7. The predicted molar refractivity (Wildman–Crippen MR) is 106 cm³/mol. The van der Waals surface area contributed by atoms with Crippen LogP contribution in [0.5, 0.6) is 0 Å². The number of urea groups is 1. The van der Waals surface area contributed by atoms with Crippen molar-refractivity contribution in [3.63, 3.8) is 0 Å². The number of carbonyl (C=O) groups is 1. The van der Waals surface area contributed by atoms with Gasteiger partial charge in [0.1, 0.15) is 5.82 Å². The maximum Gasteiger partial charge on any atom is 0.322 e. The topological polar surface area (TPSA) is 68.0 Å². The molecule has 0 atom stereocenters. The van der Waals surface area contributed by atoms with Crippen molar-refractivity contribution in [1.29, 1.82) is 0 Å². The number of likely N-dealkylation sites (tertiary alicyclic amines) is 1. The summed E-state index contributed by atoms with van der Waals surface area (Å²) in [5.41, 5.74) is 0. The largest absolute Gasteiger partial charge is 0.324 e. The number of hydrogen-bond acceptors (Lipinski definition) is 4. The van der Waals surface area contributed by atoms with Gasteiger partial charge >= 0.3 is 6.03 Å². The van der Waals surface area contributed by atoms with Crippen LogP contribution in [0.3, 0.4) is 0 Å². The van der Waals surface area contributed by atoms with Crippen molar-refractivity contribution in [1.82, 2.24) is 24.5 Å². The quantitative estimate of drug-likeness (QED) is 0.707. The number of nitrogens with one attached hydrogen (secondary N) is 1. The van der Waals surface area contributed by atoms with Crippen molar-refractivity contribution in [2.45, 2.75) is 32.4 Å². The van der Waals surface area contributed by atoms with Crippen molar-refractivity contribution < 1.29 is 4.79 Å². The van der Waals surface area contributed by atoms with E-state index >= 15 is 0 Å². The molecule has 0 aromatic carbocycles.